The smallest absolute Gasteiger partial charge is 0.409 e. The van der Waals surface area contributed by atoms with Gasteiger partial charge in [0.25, 0.3) is 8.32 Å². The number of nitrogens with two attached hydrogens (primary N) is 1. The quantitative estimate of drug-likeness (QED) is 0.321. The summed E-state index contributed by atoms with van der Waals surface area (Å²) in [6, 6.07) is 20.5. The molecule has 0 aliphatic carbocycles. The zero-order valence-corrected chi connectivity index (χ0v) is 25.8. The van der Waals surface area contributed by atoms with E-state index in [1.807, 2.05) is 12.1 Å². The molecule has 216 valence electrons. The normalized spacial score (nSPS) is 14.9. The molecule has 2 aromatic rings. The number of rotatable bonds is 11. The summed E-state index contributed by atoms with van der Waals surface area (Å²) in [4.78, 5) is 28.6. The van der Waals surface area contributed by atoms with Crippen LogP contribution in [0.3, 0.4) is 0 Å². The number of amides is 2. The van der Waals surface area contributed by atoms with Crippen molar-refractivity contribution >= 4 is 43.1 Å². The van der Waals surface area contributed by atoms with E-state index in [9.17, 15) is 9.59 Å². The van der Waals surface area contributed by atoms with Crippen LogP contribution in [-0.4, -0.2) is 75.6 Å². The Morgan fingerprint density at radius 3 is 1.87 bits per heavy atom. The molecule has 1 atom stereocenters. The largest absolute Gasteiger partial charge is 0.449 e. The van der Waals surface area contributed by atoms with E-state index in [1.165, 1.54) is 10.4 Å². The number of unbranched alkanes of at least 4 members (excludes halogenated alkanes) is 1. The molecule has 1 unspecified atom stereocenters. The highest BCUT2D eigenvalue weighted by molar-refractivity contribution is 6.99. The predicted molar refractivity (Wildman–Crippen MR) is 162 cm³/mol. The Morgan fingerprint density at radius 1 is 0.872 bits per heavy atom. The van der Waals surface area contributed by atoms with Crippen LogP contribution in [0, 0.1) is 0 Å². The maximum Gasteiger partial charge on any atom is 0.409 e. The molecule has 2 aromatic carbocycles. The molecule has 1 heterocycles. The fourth-order valence-electron chi connectivity index (χ4n) is 5.15. The van der Waals surface area contributed by atoms with Gasteiger partial charge < -0.3 is 24.7 Å². The summed E-state index contributed by atoms with van der Waals surface area (Å²) in [5.74, 6) is -0.0607. The second-order valence-corrected chi connectivity index (χ2v) is 15.3. The highest BCUT2D eigenvalue weighted by atomic mass is 35.5. The van der Waals surface area contributed by atoms with Gasteiger partial charge in [0, 0.05) is 32.8 Å². The van der Waals surface area contributed by atoms with Crippen molar-refractivity contribution in [3.63, 3.8) is 0 Å². The first-order valence-electron chi connectivity index (χ1n) is 13.9. The second kappa shape index (κ2) is 15.4. The molecule has 0 bridgehead atoms. The summed E-state index contributed by atoms with van der Waals surface area (Å²) in [6.07, 6.45) is 2.79. The number of hydrogen-bond acceptors (Lipinski definition) is 5. The molecule has 1 aliphatic rings. The topological polar surface area (TPSA) is 85.1 Å². The van der Waals surface area contributed by atoms with Crippen LogP contribution in [0.25, 0.3) is 0 Å². The third kappa shape index (κ3) is 8.30. The molecule has 1 fully saturated rings. The predicted octanol–water partition coefficient (Wildman–Crippen LogP) is 4.17. The van der Waals surface area contributed by atoms with Crippen molar-refractivity contribution in [2.75, 3.05) is 39.4 Å². The maximum atomic E-state index is 13.0. The molecule has 2 amide bonds. The Morgan fingerprint density at radius 2 is 1.38 bits per heavy atom. The average molecular weight is 576 g/mol. The minimum atomic E-state index is -2.60. The van der Waals surface area contributed by atoms with Crippen molar-refractivity contribution in [1.82, 2.24) is 9.80 Å². The van der Waals surface area contributed by atoms with Crippen molar-refractivity contribution < 1.29 is 18.8 Å². The van der Waals surface area contributed by atoms with Crippen LogP contribution < -0.4 is 16.1 Å². The van der Waals surface area contributed by atoms with E-state index >= 15 is 0 Å². The molecule has 39 heavy (non-hydrogen) atoms. The van der Waals surface area contributed by atoms with E-state index in [4.69, 9.17) is 14.9 Å². The van der Waals surface area contributed by atoms with Gasteiger partial charge in [0.2, 0.25) is 5.91 Å². The Kier molecular flexibility index (Phi) is 13.0. The lowest BCUT2D eigenvalue weighted by atomic mass is 10.1. The monoisotopic (exact) mass is 575 g/mol. The average Bonchev–Trinajstić information content (AvgIpc) is 2.93. The van der Waals surface area contributed by atoms with Gasteiger partial charge in [-0.15, -0.1) is 12.4 Å². The summed E-state index contributed by atoms with van der Waals surface area (Å²) in [7, 11) is -2.60. The molecule has 1 aliphatic heterocycles. The molecular formula is C30H46ClN3O4Si. The van der Waals surface area contributed by atoms with Gasteiger partial charge in [0.1, 0.15) is 0 Å². The van der Waals surface area contributed by atoms with Crippen LogP contribution in [0.2, 0.25) is 5.04 Å². The zero-order valence-electron chi connectivity index (χ0n) is 23.9. The van der Waals surface area contributed by atoms with Crippen molar-refractivity contribution in [1.29, 1.82) is 0 Å². The van der Waals surface area contributed by atoms with Crippen LogP contribution in [0.1, 0.15) is 53.4 Å². The molecule has 7 nitrogen and oxygen atoms in total. The summed E-state index contributed by atoms with van der Waals surface area (Å²) in [5.41, 5.74) is 6.34. The maximum absolute atomic E-state index is 13.0. The number of halogens is 1. The lowest BCUT2D eigenvalue weighted by Crippen LogP contribution is -2.66. The van der Waals surface area contributed by atoms with Gasteiger partial charge in [-0.25, -0.2) is 4.79 Å². The van der Waals surface area contributed by atoms with Gasteiger partial charge in [-0.1, -0.05) is 94.8 Å². The standard InChI is InChI=1S/C30H45N3O4Si.ClH/c1-5-6-23-36-29(35)33-21-19-32(20-22-33)28(34)27(31)18-13-24-37-38(30(2,3)4,25-14-9-7-10-15-25)26-16-11-8-12-17-26;/h7-12,14-17,27H,5-6,13,18-24,31H2,1-4H3;1H. The number of benzene rings is 2. The van der Waals surface area contributed by atoms with Gasteiger partial charge in [-0.05, 0) is 34.7 Å². The van der Waals surface area contributed by atoms with Crippen LogP contribution in [0.5, 0.6) is 0 Å². The minimum Gasteiger partial charge on any atom is -0.449 e. The number of ether oxygens (including phenoxy) is 1. The first-order valence-corrected chi connectivity index (χ1v) is 15.8. The van der Waals surface area contributed by atoms with Gasteiger partial charge in [0.15, 0.2) is 0 Å². The minimum absolute atomic E-state index is 0. The molecule has 0 spiro atoms. The van der Waals surface area contributed by atoms with Gasteiger partial charge in [-0.3, -0.25) is 4.79 Å². The third-order valence-electron chi connectivity index (χ3n) is 7.29. The lowest BCUT2D eigenvalue weighted by Gasteiger charge is -2.43. The van der Waals surface area contributed by atoms with Crippen molar-refractivity contribution in [3.8, 4) is 0 Å². The van der Waals surface area contributed by atoms with Gasteiger partial charge in [0.05, 0.1) is 12.6 Å². The van der Waals surface area contributed by atoms with Crippen LogP contribution >= 0.6 is 12.4 Å². The summed E-state index contributed by atoms with van der Waals surface area (Å²) in [5, 5.41) is 2.39. The second-order valence-electron chi connectivity index (χ2n) is 11.0. The summed E-state index contributed by atoms with van der Waals surface area (Å²) >= 11 is 0. The van der Waals surface area contributed by atoms with E-state index in [1.54, 1.807) is 9.80 Å². The molecule has 3 rings (SSSR count). The van der Waals surface area contributed by atoms with Crippen molar-refractivity contribution in [2.45, 2.75) is 64.5 Å². The van der Waals surface area contributed by atoms with Crippen molar-refractivity contribution in [3.05, 3.63) is 60.7 Å². The van der Waals surface area contributed by atoms with Crippen LogP contribution in [0.4, 0.5) is 4.79 Å². The molecule has 0 radical (unpaired) electrons. The Labute approximate surface area is 241 Å². The number of nitrogens with zero attached hydrogens (tertiary/aromatic N) is 2. The fourth-order valence-corrected chi connectivity index (χ4v) is 9.76. The highest BCUT2D eigenvalue weighted by Gasteiger charge is 2.50. The molecule has 1 saturated heterocycles. The molecule has 9 heteroatoms. The van der Waals surface area contributed by atoms with Gasteiger partial charge in [-0.2, -0.15) is 0 Å². The van der Waals surface area contributed by atoms with E-state index in [2.05, 4.69) is 76.2 Å². The third-order valence-corrected chi connectivity index (χ3v) is 12.3. The highest BCUT2D eigenvalue weighted by Crippen LogP contribution is 2.36. The lowest BCUT2D eigenvalue weighted by molar-refractivity contribution is -0.134. The Bertz CT molecular complexity index is 972. The van der Waals surface area contributed by atoms with E-state index < -0.39 is 14.4 Å². The SMILES string of the molecule is CCCCOC(=O)N1CCN(C(=O)C(N)CCCO[Si](c2ccccc2)(c2ccccc2)C(C)(C)C)CC1.Cl. The van der Waals surface area contributed by atoms with E-state index in [-0.39, 0.29) is 29.4 Å². The molecule has 2 N–H and O–H groups in total. The van der Waals surface area contributed by atoms with Crippen LogP contribution in [0.15, 0.2) is 60.7 Å². The Hall–Kier alpha value is -2.39. The van der Waals surface area contributed by atoms with E-state index in [0.717, 1.165) is 12.8 Å². The summed E-state index contributed by atoms with van der Waals surface area (Å²) < 4.78 is 12.2. The number of carbonyl (C=O) groups excluding carboxylic acids is 2. The van der Waals surface area contributed by atoms with Gasteiger partial charge >= 0.3 is 6.09 Å². The van der Waals surface area contributed by atoms with Crippen molar-refractivity contribution in [2.24, 2.45) is 5.73 Å². The number of hydrogen-bond donors (Lipinski definition) is 1. The first kappa shape index (κ1) is 32.8. The number of piperazine rings is 1. The molecular weight excluding hydrogens is 530 g/mol. The first-order chi connectivity index (χ1) is 18.2. The molecule has 0 aromatic heterocycles. The van der Waals surface area contributed by atoms with E-state index in [0.29, 0.717) is 52.2 Å². The number of carbonyl (C=O) groups is 2. The summed E-state index contributed by atoms with van der Waals surface area (Å²) in [6.45, 7) is 11.7. The zero-order chi connectivity index (χ0) is 27.6. The fraction of sp³-hybridized carbons (Fsp3) is 0.533. The molecule has 0 saturated carbocycles. The Balaban J connectivity index is 0.00000533. The van der Waals surface area contributed by atoms with Crippen LogP contribution in [-0.2, 0) is 14.0 Å².